The number of nitrogens with one attached hydrogen (secondary N) is 1. The van der Waals surface area contributed by atoms with Gasteiger partial charge >= 0.3 is 0 Å². The highest BCUT2D eigenvalue weighted by Crippen LogP contribution is 2.41. The van der Waals surface area contributed by atoms with Gasteiger partial charge in [0.2, 0.25) is 0 Å². The lowest BCUT2D eigenvalue weighted by Gasteiger charge is -2.17. The topological polar surface area (TPSA) is 94.0 Å². The SMILES string of the molecule is CCCCC(CN)NC(=O)c1cc(C2CC2)nc2onc(C(C)C)c12.Cl. The van der Waals surface area contributed by atoms with Crippen LogP contribution >= 0.6 is 12.4 Å². The number of carbonyl (C=O) groups excluding carboxylic acids is 1. The van der Waals surface area contributed by atoms with Gasteiger partial charge in [0, 0.05) is 24.2 Å². The van der Waals surface area contributed by atoms with Gasteiger partial charge in [0.25, 0.3) is 11.6 Å². The van der Waals surface area contributed by atoms with Crippen LogP contribution in [-0.2, 0) is 0 Å². The smallest absolute Gasteiger partial charge is 0.259 e. The molecule has 2 aromatic rings. The van der Waals surface area contributed by atoms with E-state index >= 15 is 0 Å². The lowest BCUT2D eigenvalue weighted by atomic mass is 10.0. The molecule has 0 aliphatic heterocycles. The first kappa shape index (κ1) is 20.6. The van der Waals surface area contributed by atoms with Crippen molar-refractivity contribution in [2.24, 2.45) is 5.73 Å². The van der Waals surface area contributed by atoms with Gasteiger partial charge in [0.1, 0.15) is 0 Å². The number of fused-ring (bicyclic) bond motifs is 1. The second-order valence-electron chi connectivity index (χ2n) is 7.32. The van der Waals surface area contributed by atoms with E-state index in [4.69, 9.17) is 10.3 Å². The molecule has 1 aliphatic carbocycles. The summed E-state index contributed by atoms with van der Waals surface area (Å²) in [6.07, 6.45) is 5.26. The quantitative estimate of drug-likeness (QED) is 0.724. The third-order valence-electron chi connectivity index (χ3n) is 4.81. The Labute approximate surface area is 160 Å². The normalized spacial score (nSPS) is 15.1. The maximum absolute atomic E-state index is 13.0. The molecule has 144 valence electrons. The highest BCUT2D eigenvalue weighted by atomic mass is 35.5. The van der Waals surface area contributed by atoms with Crippen LogP contribution in [0.4, 0.5) is 0 Å². The van der Waals surface area contributed by atoms with Crippen LogP contribution < -0.4 is 11.1 Å². The number of amides is 1. The summed E-state index contributed by atoms with van der Waals surface area (Å²) in [6.45, 7) is 6.65. The van der Waals surface area contributed by atoms with Gasteiger partial charge in [0.15, 0.2) is 0 Å². The van der Waals surface area contributed by atoms with Crippen molar-refractivity contribution < 1.29 is 9.32 Å². The molecule has 7 heteroatoms. The minimum Gasteiger partial charge on any atom is -0.348 e. The molecule has 0 radical (unpaired) electrons. The second kappa shape index (κ2) is 8.82. The van der Waals surface area contributed by atoms with Gasteiger partial charge in [-0.1, -0.05) is 38.8 Å². The van der Waals surface area contributed by atoms with Gasteiger partial charge in [0.05, 0.1) is 16.6 Å². The van der Waals surface area contributed by atoms with Crippen molar-refractivity contribution in [3.05, 3.63) is 23.0 Å². The van der Waals surface area contributed by atoms with Crippen molar-refractivity contribution in [2.75, 3.05) is 6.54 Å². The fourth-order valence-electron chi connectivity index (χ4n) is 3.12. The predicted molar refractivity (Wildman–Crippen MR) is 105 cm³/mol. The summed E-state index contributed by atoms with van der Waals surface area (Å²) < 4.78 is 5.45. The standard InChI is InChI=1S/C19H28N4O2.ClH/c1-4-5-6-13(10-20)21-18(24)14-9-15(12-7-8-12)22-19-16(14)17(11(2)3)23-25-19;/h9,11-13H,4-8,10,20H2,1-3H3,(H,21,24);1H. The number of halogens is 1. The molecule has 1 atom stereocenters. The highest BCUT2D eigenvalue weighted by Gasteiger charge is 2.29. The first-order valence-corrected chi connectivity index (χ1v) is 9.36. The fraction of sp³-hybridized carbons (Fsp3) is 0.632. The maximum Gasteiger partial charge on any atom is 0.259 e. The molecule has 3 rings (SSSR count). The number of carbonyl (C=O) groups is 1. The lowest BCUT2D eigenvalue weighted by Crippen LogP contribution is -2.40. The maximum atomic E-state index is 13.0. The van der Waals surface area contributed by atoms with E-state index in [-0.39, 0.29) is 30.3 Å². The number of nitrogens with two attached hydrogens (primary N) is 1. The molecule has 1 amide bonds. The van der Waals surface area contributed by atoms with E-state index in [2.05, 4.69) is 22.4 Å². The van der Waals surface area contributed by atoms with Crippen LogP contribution in [0.1, 0.15) is 86.5 Å². The molecule has 0 spiro atoms. The van der Waals surface area contributed by atoms with Crippen LogP contribution in [0.2, 0.25) is 0 Å². The largest absolute Gasteiger partial charge is 0.348 e. The molecule has 1 aliphatic rings. The minimum absolute atomic E-state index is 0. The zero-order valence-corrected chi connectivity index (χ0v) is 16.6. The van der Waals surface area contributed by atoms with E-state index in [1.54, 1.807) is 0 Å². The first-order chi connectivity index (χ1) is 12.0. The molecule has 0 bridgehead atoms. The Bertz CT molecular complexity index is 755. The molecule has 3 N–H and O–H groups in total. The number of unbranched alkanes of at least 4 members (excludes halogenated alkanes) is 1. The van der Waals surface area contributed by atoms with E-state index < -0.39 is 0 Å². The van der Waals surface area contributed by atoms with Crippen LogP contribution in [0.15, 0.2) is 10.6 Å². The summed E-state index contributed by atoms with van der Waals surface area (Å²) in [4.78, 5) is 17.6. The van der Waals surface area contributed by atoms with Crippen molar-refractivity contribution in [1.29, 1.82) is 0 Å². The Morgan fingerprint density at radius 2 is 2.15 bits per heavy atom. The zero-order chi connectivity index (χ0) is 18.0. The zero-order valence-electron chi connectivity index (χ0n) is 15.7. The van der Waals surface area contributed by atoms with Gasteiger partial charge in [-0.2, -0.15) is 0 Å². The summed E-state index contributed by atoms with van der Waals surface area (Å²) in [5, 5.41) is 8.00. The third kappa shape index (κ3) is 4.35. The van der Waals surface area contributed by atoms with E-state index in [0.29, 0.717) is 23.7 Å². The van der Waals surface area contributed by atoms with Crippen molar-refractivity contribution in [3.8, 4) is 0 Å². The van der Waals surface area contributed by atoms with Crippen LogP contribution in [0, 0.1) is 0 Å². The van der Waals surface area contributed by atoms with Crippen molar-refractivity contribution in [2.45, 2.75) is 70.8 Å². The highest BCUT2D eigenvalue weighted by molar-refractivity contribution is 6.06. The Morgan fingerprint density at radius 3 is 2.73 bits per heavy atom. The first-order valence-electron chi connectivity index (χ1n) is 9.36. The lowest BCUT2D eigenvalue weighted by molar-refractivity contribution is 0.0937. The molecule has 0 aromatic carbocycles. The van der Waals surface area contributed by atoms with E-state index in [1.165, 1.54) is 0 Å². The Morgan fingerprint density at radius 1 is 1.42 bits per heavy atom. The monoisotopic (exact) mass is 380 g/mol. The van der Waals surface area contributed by atoms with Crippen LogP contribution in [0.25, 0.3) is 11.1 Å². The summed E-state index contributed by atoms with van der Waals surface area (Å²) >= 11 is 0. The second-order valence-corrected chi connectivity index (χ2v) is 7.32. The number of hydrogen-bond acceptors (Lipinski definition) is 5. The van der Waals surface area contributed by atoms with Gasteiger partial charge < -0.3 is 15.6 Å². The number of aromatic nitrogens is 2. The predicted octanol–water partition coefficient (Wildman–Crippen LogP) is 3.89. The fourth-order valence-corrected chi connectivity index (χ4v) is 3.12. The van der Waals surface area contributed by atoms with Crippen LogP contribution in [0.5, 0.6) is 0 Å². The minimum atomic E-state index is -0.106. The molecule has 2 aromatic heterocycles. The Balaban J connectivity index is 0.00000243. The van der Waals surface area contributed by atoms with Crippen molar-refractivity contribution in [3.63, 3.8) is 0 Å². The van der Waals surface area contributed by atoms with E-state index in [9.17, 15) is 4.79 Å². The molecular weight excluding hydrogens is 352 g/mol. The van der Waals surface area contributed by atoms with Gasteiger partial charge in [-0.3, -0.25) is 4.79 Å². The molecule has 0 saturated heterocycles. The molecule has 26 heavy (non-hydrogen) atoms. The molecule has 2 heterocycles. The molecule has 6 nitrogen and oxygen atoms in total. The van der Waals surface area contributed by atoms with E-state index in [0.717, 1.165) is 48.9 Å². The average Bonchev–Trinajstić information content (AvgIpc) is 3.36. The summed E-state index contributed by atoms with van der Waals surface area (Å²) in [6, 6.07) is 1.91. The number of nitrogens with zero attached hydrogens (tertiary/aromatic N) is 2. The number of pyridine rings is 1. The third-order valence-corrected chi connectivity index (χ3v) is 4.81. The van der Waals surface area contributed by atoms with Crippen LogP contribution in [-0.4, -0.2) is 28.6 Å². The number of hydrogen-bond donors (Lipinski definition) is 2. The average molecular weight is 381 g/mol. The van der Waals surface area contributed by atoms with Gasteiger partial charge in [-0.25, -0.2) is 4.98 Å². The summed E-state index contributed by atoms with van der Waals surface area (Å²) in [5.41, 5.74) is 8.64. The van der Waals surface area contributed by atoms with Crippen LogP contribution in [0.3, 0.4) is 0 Å². The molecule has 1 saturated carbocycles. The van der Waals surface area contributed by atoms with E-state index in [1.807, 2.05) is 19.9 Å². The van der Waals surface area contributed by atoms with Crippen molar-refractivity contribution >= 4 is 29.4 Å². The van der Waals surface area contributed by atoms with Gasteiger partial charge in [-0.05, 0) is 31.2 Å². The molecule has 1 unspecified atom stereocenters. The molecular formula is C19H29ClN4O2. The Hall–Kier alpha value is -1.66. The summed E-state index contributed by atoms with van der Waals surface area (Å²) in [5.74, 6) is 0.492. The Kier molecular flexibility index (Phi) is 7.01. The van der Waals surface area contributed by atoms with Crippen molar-refractivity contribution in [1.82, 2.24) is 15.5 Å². The number of rotatable bonds is 8. The van der Waals surface area contributed by atoms with Gasteiger partial charge in [-0.15, -0.1) is 12.4 Å². The summed E-state index contributed by atoms with van der Waals surface area (Å²) in [7, 11) is 0. The molecule has 1 fully saturated rings.